The van der Waals surface area contributed by atoms with Crippen molar-refractivity contribution in [2.24, 2.45) is 5.92 Å². The molecule has 2 aromatic carbocycles. The molecule has 0 aliphatic carbocycles. The van der Waals surface area contributed by atoms with Crippen LogP contribution in [-0.2, 0) is 12.8 Å². The van der Waals surface area contributed by atoms with E-state index in [0.717, 1.165) is 19.4 Å². The van der Waals surface area contributed by atoms with Crippen molar-refractivity contribution in [1.82, 2.24) is 4.90 Å². The van der Waals surface area contributed by atoms with Crippen molar-refractivity contribution in [2.75, 3.05) is 19.6 Å². The van der Waals surface area contributed by atoms with E-state index in [2.05, 4.69) is 96.3 Å². The number of rotatable bonds is 7. The molecule has 2 aliphatic rings. The molecule has 2 aliphatic heterocycles. The van der Waals surface area contributed by atoms with Gasteiger partial charge in [-0.25, -0.2) is 4.58 Å². The summed E-state index contributed by atoms with van der Waals surface area (Å²) in [5.41, 5.74) is 4.55. The van der Waals surface area contributed by atoms with Gasteiger partial charge in [-0.1, -0.05) is 60.7 Å². The first-order valence-electron chi connectivity index (χ1n) is 11.3. The molecule has 1 saturated heterocycles. The first-order chi connectivity index (χ1) is 14.1. The fourth-order valence-electron chi connectivity index (χ4n) is 5.00. The molecule has 0 bridgehead atoms. The Kier molecular flexibility index (Phi) is 7.93. The second-order valence-electron chi connectivity index (χ2n) is 9.11. The molecule has 30 heavy (non-hydrogen) atoms. The minimum absolute atomic E-state index is 0. The van der Waals surface area contributed by atoms with Gasteiger partial charge in [0.15, 0.2) is 11.8 Å². The summed E-state index contributed by atoms with van der Waals surface area (Å²) in [5.74, 6) is 0.518. The van der Waals surface area contributed by atoms with Crippen LogP contribution in [0, 0.1) is 5.92 Å². The van der Waals surface area contributed by atoms with Crippen LogP contribution in [0.25, 0.3) is 0 Å². The van der Waals surface area contributed by atoms with E-state index in [1.54, 1.807) is 5.70 Å². The van der Waals surface area contributed by atoms with Crippen LogP contribution in [0.4, 0.5) is 0 Å². The van der Waals surface area contributed by atoms with Crippen molar-refractivity contribution in [3.05, 3.63) is 83.6 Å². The first-order valence-corrected chi connectivity index (χ1v) is 11.3. The summed E-state index contributed by atoms with van der Waals surface area (Å²) in [6.45, 7) is 8.44. The largest absolute Gasteiger partial charge is 1.00 e. The zero-order chi connectivity index (χ0) is 20.1. The molecule has 2 aromatic rings. The monoisotopic (exact) mass is 466 g/mol. The van der Waals surface area contributed by atoms with E-state index in [-0.39, 0.29) is 22.5 Å². The highest BCUT2D eigenvalue weighted by Crippen LogP contribution is 2.36. The summed E-state index contributed by atoms with van der Waals surface area (Å²) in [5, 5.41) is 0. The Hall–Kier alpha value is -1.87. The summed E-state index contributed by atoms with van der Waals surface area (Å²) in [4.78, 5) is 2.65. The van der Waals surface area contributed by atoms with Crippen molar-refractivity contribution in [3.63, 3.8) is 0 Å². The van der Waals surface area contributed by atoms with Gasteiger partial charge in [0, 0.05) is 45.1 Å². The average Bonchev–Trinajstić information content (AvgIpc) is 3.27. The van der Waals surface area contributed by atoms with E-state index >= 15 is 0 Å². The molecule has 1 atom stereocenters. The third-order valence-corrected chi connectivity index (χ3v) is 6.84. The van der Waals surface area contributed by atoms with Crippen LogP contribution in [0.1, 0.15) is 44.2 Å². The smallest absolute Gasteiger partial charge is 0.165 e. The molecule has 1 fully saturated rings. The Morgan fingerprint density at radius 2 is 1.50 bits per heavy atom. The van der Waals surface area contributed by atoms with Crippen molar-refractivity contribution in [2.45, 2.75) is 51.5 Å². The predicted octanol–water partition coefficient (Wildman–Crippen LogP) is 2.34. The number of aryl methyl sites for hydroxylation is 1. The molecule has 0 N–H and O–H groups in total. The molecule has 3 heteroatoms. The van der Waals surface area contributed by atoms with Gasteiger partial charge in [0.05, 0.1) is 5.92 Å². The molecule has 0 spiro atoms. The zero-order valence-electron chi connectivity index (χ0n) is 18.4. The lowest BCUT2D eigenvalue weighted by atomic mass is 9.77. The summed E-state index contributed by atoms with van der Waals surface area (Å²) in [6.07, 6.45) is 10.9. The van der Waals surface area contributed by atoms with E-state index in [1.807, 2.05) is 0 Å². The van der Waals surface area contributed by atoms with Gasteiger partial charge in [0.25, 0.3) is 0 Å². The molecular formula is C27H35BrN2. The molecule has 160 valence electrons. The average molecular weight is 467 g/mol. The molecule has 1 unspecified atom stereocenters. The Balaban J connectivity index is 0.00000256. The SMILES string of the molecule is CC1(C)C(Cc2ccccc2)C(N2CCCC2)=CC=[N+]1CCCc1ccccc1.[Br-]. The highest BCUT2D eigenvalue weighted by atomic mass is 79.9. The fourth-order valence-corrected chi connectivity index (χ4v) is 5.00. The number of halogens is 1. The first kappa shape index (κ1) is 22.8. The summed E-state index contributed by atoms with van der Waals surface area (Å²) in [6, 6.07) is 21.9. The zero-order valence-corrected chi connectivity index (χ0v) is 20.0. The van der Waals surface area contributed by atoms with E-state index < -0.39 is 0 Å². The fraction of sp³-hybridized carbons (Fsp3) is 0.444. The van der Waals surface area contributed by atoms with Gasteiger partial charge in [0.2, 0.25) is 0 Å². The van der Waals surface area contributed by atoms with Crippen LogP contribution >= 0.6 is 0 Å². The van der Waals surface area contributed by atoms with Gasteiger partial charge < -0.3 is 21.9 Å². The standard InChI is InChI=1S/C27H35N2.BrH/c1-27(2)25(22-24-14-7-4-8-15-24)26(28-18-9-10-19-28)17-21-29(27)20-11-16-23-12-5-3-6-13-23;/h3-8,12-15,17,21,25H,9-11,16,18-20,22H2,1-2H3;1H/q+1;/p-1. The van der Waals surface area contributed by atoms with E-state index in [4.69, 9.17) is 0 Å². The third-order valence-electron chi connectivity index (χ3n) is 6.84. The summed E-state index contributed by atoms with van der Waals surface area (Å²) >= 11 is 0. The Morgan fingerprint density at radius 1 is 0.900 bits per heavy atom. The van der Waals surface area contributed by atoms with E-state index in [9.17, 15) is 0 Å². The highest BCUT2D eigenvalue weighted by Gasteiger charge is 2.45. The number of benzene rings is 2. The number of likely N-dealkylation sites (tertiary alicyclic amines) is 1. The quantitative estimate of drug-likeness (QED) is 0.567. The molecule has 0 aromatic heterocycles. The Labute approximate surface area is 193 Å². The van der Waals surface area contributed by atoms with Crippen LogP contribution in [0.3, 0.4) is 0 Å². The maximum Gasteiger partial charge on any atom is 0.165 e. The molecule has 2 nitrogen and oxygen atoms in total. The Bertz CT molecular complexity index is 849. The third kappa shape index (κ3) is 5.24. The van der Waals surface area contributed by atoms with Crippen LogP contribution in [0.5, 0.6) is 0 Å². The van der Waals surface area contributed by atoms with E-state index in [1.165, 1.54) is 43.5 Å². The number of nitrogens with zero attached hydrogens (tertiary/aromatic N) is 2. The van der Waals surface area contributed by atoms with Gasteiger partial charge in [-0.05, 0) is 36.8 Å². The lowest BCUT2D eigenvalue weighted by molar-refractivity contribution is -0.607. The highest BCUT2D eigenvalue weighted by molar-refractivity contribution is 5.69. The predicted molar refractivity (Wildman–Crippen MR) is 123 cm³/mol. The normalized spacial score (nSPS) is 20.3. The van der Waals surface area contributed by atoms with Crippen LogP contribution in [0.15, 0.2) is 72.4 Å². The topological polar surface area (TPSA) is 6.25 Å². The molecule has 0 amide bonds. The van der Waals surface area contributed by atoms with Gasteiger partial charge in [0.1, 0.15) is 6.54 Å². The number of allylic oxidation sites excluding steroid dienone is 1. The van der Waals surface area contributed by atoms with Crippen molar-refractivity contribution >= 4 is 6.21 Å². The minimum atomic E-state index is 0. The van der Waals surface area contributed by atoms with Crippen LogP contribution < -0.4 is 17.0 Å². The molecule has 0 saturated carbocycles. The van der Waals surface area contributed by atoms with E-state index in [0.29, 0.717) is 5.92 Å². The minimum Gasteiger partial charge on any atom is -1.00 e. The number of hydrogen-bond acceptors (Lipinski definition) is 1. The van der Waals surface area contributed by atoms with Crippen molar-refractivity contribution in [1.29, 1.82) is 0 Å². The lowest BCUT2D eigenvalue weighted by Crippen LogP contribution is -3.00. The van der Waals surface area contributed by atoms with Crippen LogP contribution in [-0.4, -0.2) is 40.9 Å². The van der Waals surface area contributed by atoms with Crippen molar-refractivity contribution < 1.29 is 21.6 Å². The molecule has 0 radical (unpaired) electrons. The maximum atomic E-state index is 2.65. The molecule has 4 rings (SSSR count). The van der Waals surface area contributed by atoms with Crippen molar-refractivity contribution in [3.8, 4) is 0 Å². The van der Waals surface area contributed by atoms with Gasteiger partial charge in [-0.3, -0.25) is 0 Å². The molecule has 2 heterocycles. The van der Waals surface area contributed by atoms with Gasteiger partial charge >= 0.3 is 0 Å². The lowest BCUT2D eigenvalue weighted by Gasteiger charge is -2.39. The van der Waals surface area contributed by atoms with Gasteiger partial charge in [-0.15, -0.1) is 0 Å². The van der Waals surface area contributed by atoms with Crippen LogP contribution in [0.2, 0.25) is 0 Å². The summed E-state index contributed by atoms with van der Waals surface area (Å²) < 4.78 is 2.60. The Morgan fingerprint density at radius 3 is 2.13 bits per heavy atom. The number of hydrogen-bond donors (Lipinski definition) is 0. The second kappa shape index (κ2) is 10.4. The summed E-state index contributed by atoms with van der Waals surface area (Å²) in [7, 11) is 0. The maximum absolute atomic E-state index is 2.65. The molecular weight excluding hydrogens is 432 g/mol. The van der Waals surface area contributed by atoms with Gasteiger partial charge in [-0.2, -0.15) is 0 Å². The second-order valence-corrected chi connectivity index (χ2v) is 9.11.